The summed E-state index contributed by atoms with van der Waals surface area (Å²) in [6.45, 7) is 5.38. The van der Waals surface area contributed by atoms with Crippen molar-refractivity contribution in [3.05, 3.63) is 60.1 Å². The number of aliphatic carboxylic acids is 1. The minimum Gasteiger partial charge on any atom is -0.542 e. The molecule has 2 aromatic rings. The molecule has 1 aromatic heterocycles. The molecule has 4 heterocycles. The van der Waals surface area contributed by atoms with Crippen LogP contribution in [0.1, 0.15) is 69.2 Å². The van der Waals surface area contributed by atoms with E-state index in [2.05, 4.69) is 37.3 Å². The van der Waals surface area contributed by atoms with E-state index in [4.69, 9.17) is 19.1 Å². The number of halogens is 3. The van der Waals surface area contributed by atoms with Crippen molar-refractivity contribution < 1.29 is 46.6 Å². The summed E-state index contributed by atoms with van der Waals surface area (Å²) in [5.41, 5.74) is -0.349. The van der Waals surface area contributed by atoms with Gasteiger partial charge in [0, 0.05) is 30.2 Å². The molecule has 0 spiro atoms. The maximum atomic E-state index is 13.6. The Balaban J connectivity index is 0.000000448. The van der Waals surface area contributed by atoms with Gasteiger partial charge < -0.3 is 28.6 Å². The highest BCUT2D eigenvalue weighted by atomic mass is 19.4. The van der Waals surface area contributed by atoms with Crippen LogP contribution in [0.3, 0.4) is 0 Å². The van der Waals surface area contributed by atoms with Gasteiger partial charge in [-0.25, -0.2) is 4.79 Å². The zero-order chi connectivity index (χ0) is 28.3. The Hall–Kier alpha value is -2.85. The van der Waals surface area contributed by atoms with Gasteiger partial charge in [0.2, 0.25) is 5.60 Å². The maximum Gasteiger partial charge on any atom is 0.430 e. The molecule has 1 aliphatic carbocycles. The van der Waals surface area contributed by atoms with E-state index in [-0.39, 0.29) is 12.0 Å². The maximum absolute atomic E-state index is 13.6. The van der Waals surface area contributed by atoms with Gasteiger partial charge in [0.25, 0.3) is 0 Å². The molecule has 3 saturated heterocycles. The van der Waals surface area contributed by atoms with Crippen molar-refractivity contribution in [2.75, 3.05) is 19.6 Å². The third kappa shape index (κ3) is 6.17. The monoisotopic (exact) mass is 551 g/mol. The standard InChI is InChI=1S/C27H36NO4.C2HF3O2/c1-20(21-9-4-2-5-10-21)28-16-14-22(15-17-28)24(19-28)32-26(29)27(30,25-13-8-18-31-25)23-11-6-3-7-12-23;3-2(4,5)1(6)7/h2,4-5,8-10,13,18,20,22-24,30H,3,6-7,11-12,14-17,19H2,1H3;(H,6,7)/q+1;/p-1/t20?,22?,24-,27-,28?;/m0./s1. The summed E-state index contributed by atoms with van der Waals surface area (Å²) >= 11 is 0. The molecule has 1 unspecified atom stereocenters. The number of benzene rings is 1. The molecule has 0 radical (unpaired) electrons. The lowest BCUT2D eigenvalue weighted by atomic mass is 9.75. The number of carbonyl (C=O) groups excluding carboxylic acids is 2. The van der Waals surface area contributed by atoms with E-state index in [1.807, 2.05) is 0 Å². The van der Waals surface area contributed by atoms with E-state index in [0.29, 0.717) is 17.7 Å². The number of carbonyl (C=O) groups is 2. The molecule has 1 aromatic carbocycles. The average molecular weight is 552 g/mol. The van der Waals surface area contributed by atoms with Gasteiger partial charge in [-0.15, -0.1) is 0 Å². The quantitative estimate of drug-likeness (QED) is 0.426. The van der Waals surface area contributed by atoms with Crippen molar-refractivity contribution in [2.45, 2.75) is 75.8 Å². The molecule has 6 rings (SSSR count). The molecule has 0 amide bonds. The Morgan fingerprint density at radius 2 is 1.64 bits per heavy atom. The van der Waals surface area contributed by atoms with E-state index >= 15 is 0 Å². The first kappa shape index (κ1) is 29.1. The Morgan fingerprint density at radius 3 is 2.18 bits per heavy atom. The molecular weight excluding hydrogens is 515 g/mol. The fraction of sp³-hybridized carbons (Fsp3) is 0.586. The fourth-order valence-corrected chi connectivity index (χ4v) is 6.60. The van der Waals surface area contributed by atoms with Gasteiger partial charge in [-0.1, -0.05) is 49.6 Å². The Kier molecular flexibility index (Phi) is 8.75. The fourth-order valence-electron chi connectivity index (χ4n) is 6.60. The van der Waals surface area contributed by atoms with Crippen molar-refractivity contribution in [2.24, 2.45) is 11.8 Å². The number of nitrogens with zero attached hydrogens (tertiary/aromatic N) is 1. The van der Waals surface area contributed by atoms with Gasteiger partial charge in [0.05, 0.1) is 19.4 Å². The van der Waals surface area contributed by atoms with Crippen LogP contribution in [0, 0.1) is 11.8 Å². The number of alkyl halides is 3. The van der Waals surface area contributed by atoms with Gasteiger partial charge in [-0.05, 0) is 31.9 Å². The smallest absolute Gasteiger partial charge is 0.430 e. The average Bonchev–Trinajstić information content (AvgIpc) is 3.49. The number of carboxylic acids is 1. The van der Waals surface area contributed by atoms with Gasteiger partial charge in [0.1, 0.15) is 24.3 Å². The molecule has 10 heteroatoms. The highest BCUT2D eigenvalue weighted by molar-refractivity contribution is 5.81. The first-order valence-electron chi connectivity index (χ1n) is 13.6. The van der Waals surface area contributed by atoms with Crippen molar-refractivity contribution in [3.8, 4) is 0 Å². The second-order valence-corrected chi connectivity index (χ2v) is 11.1. The van der Waals surface area contributed by atoms with Gasteiger partial charge in [0.15, 0.2) is 6.10 Å². The molecular formula is C29H36F3NO6. The third-order valence-electron chi connectivity index (χ3n) is 8.96. The second-order valence-electron chi connectivity index (χ2n) is 11.1. The van der Waals surface area contributed by atoms with E-state index in [1.165, 1.54) is 11.8 Å². The second kappa shape index (κ2) is 11.7. The predicted octanol–water partition coefficient (Wildman–Crippen LogP) is 4.26. The van der Waals surface area contributed by atoms with Crippen LogP contribution in [-0.2, 0) is 19.9 Å². The van der Waals surface area contributed by atoms with Crippen LogP contribution < -0.4 is 5.11 Å². The topological polar surface area (TPSA) is 99.8 Å². The molecule has 1 saturated carbocycles. The molecule has 1 N–H and O–H groups in total. The third-order valence-corrected chi connectivity index (χ3v) is 8.96. The van der Waals surface area contributed by atoms with E-state index < -0.39 is 23.7 Å². The number of piperidine rings is 3. The zero-order valence-electron chi connectivity index (χ0n) is 22.1. The normalized spacial score (nSPS) is 27.5. The molecule has 3 aliphatic heterocycles. The van der Waals surface area contributed by atoms with E-state index in [0.717, 1.165) is 69.1 Å². The molecule has 39 heavy (non-hydrogen) atoms. The number of furan rings is 1. The van der Waals surface area contributed by atoms with Crippen LogP contribution in [-0.4, -0.2) is 53.4 Å². The molecule has 3 atom stereocenters. The number of rotatable bonds is 6. The summed E-state index contributed by atoms with van der Waals surface area (Å²) < 4.78 is 44.3. The lowest BCUT2D eigenvalue weighted by molar-refractivity contribution is -0.972. The van der Waals surface area contributed by atoms with Crippen molar-refractivity contribution >= 4 is 11.9 Å². The van der Waals surface area contributed by atoms with Gasteiger partial charge in [-0.3, -0.25) is 0 Å². The molecule has 214 valence electrons. The number of carboxylic acid groups (broad SMARTS) is 1. The summed E-state index contributed by atoms with van der Waals surface area (Å²) in [4.78, 5) is 22.4. The number of ether oxygens (including phenoxy) is 1. The lowest BCUT2D eigenvalue weighted by Gasteiger charge is -2.55. The zero-order valence-corrected chi connectivity index (χ0v) is 22.1. The number of aliphatic hydroxyl groups is 1. The molecule has 4 aliphatic rings. The van der Waals surface area contributed by atoms with Gasteiger partial charge >= 0.3 is 12.1 Å². The molecule has 7 nitrogen and oxygen atoms in total. The van der Waals surface area contributed by atoms with E-state index in [9.17, 15) is 23.1 Å². The summed E-state index contributed by atoms with van der Waals surface area (Å²) in [6.07, 6.45) is 3.19. The number of esters is 1. The minimum atomic E-state index is -5.19. The van der Waals surface area contributed by atoms with E-state index in [1.54, 1.807) is 12.1 Å². The van der Waals surface area contributed by atoms with Crippen LogP contribution >= 0.6 is 0 Å². The van der Waals surface area contributed by atoms with Crippen molar-refractivity contribution in [1.82, 2.24) is 0 Å². The largest absolute Gasteiger partial charge is 0.542 e. The first-order valence-corrected chi connectivity index (χ1v) is 13.6. The first-order chi connectivity index (χ1) is 18.5. The lowest BCUT2D eigenvalue weighted by Crippen LogP contribution is -2.65. The Bertz CT molecular complexity index is 1090. The molecule has 4 fully saturated rings. The van der Waals surface area contributed by atoms with Crippen LogP contribution in [0.25, 0.3) is 0 Å². The minimum absolute atomic E-state index is 0.151. The number of hydrogen-bond acceptors (Lipinski definition) is 6. The Morgan fingerprint density at radius 1 is 1.03 bits per heavy atom. The highest BCUT2D eigenvalue weighted by Crippen LogP contribution is 2.45. The van der Waals surface area contributed by atoms with Gasteiger partial charge in [-0.2, -0.15) is 13.2 Å². The van der Waals surface area contributed by atoms with Crippen LogP contribution in [0.4, 0.5) is 13.2 Å². The van der Waals surface area contributed by atoms with Crippen LogP contribution in [0.15, 0.2) is 53.1 Å². The summed E-state index contributed by atoms with van der Waals surface area (Å²) in [6, 6.07) is 14.5. The van der Waals surface area contributed by atoms with Crippen molar-refractivity contribution in [1.29, 1.82) is 0 Å². The molecule has 2 bridgehead atoms. The number of hydrogen-bond donors (Lipinski definition) is 1. The highest BCUT2D eigenvalue weighted by Gasteiger charge is 2.54. The number of fused-ring (bicyclic) bond motifs is 3. The van der Waals surface area contributed by atoms with Crippen LogP contribution in [0.2, 0.25) is 0 Å². The summed E-state index contributed by atoms with van der Waals surface area (Å²) in [5.74, 6) is -2.95. The summed E-state index contributed by atoms with van der Waals surface area (Å²) in [7, 11) is 0. The van der Waals surface area contributed by atoms with Crippen LogP contribution in [0.5, 0.6) is 0 Å². The van der Waals surface area contributed by atoms with Crippen molar-refractivity contribution in [3.63, 3.8) is 0 Å². The predicted molar refractivity (Wildman–Crippen MR) is 133 cm³/mol. The Labute approximate surface area is 226 Å². The summed E-state index contributed by atoms with van der Waals surface area (Å²) in [5, 5.41) is 20.5. The SMILES string of the molecule is CC(c1ccccc1)[N+]12CCC(CC1)[C@@H](OC(=O)[C@@](O)(c1ccco1)C1CCCCC1)C2.O=C([O-])C(F)(F)F. The number of quaternary nitrogens is 1.